The van der Waals surface area contributed by atoms with Gasteiger partial charge in [-0.2, -0.15) is 0 Å². The predicted molar refractivity (Wildman–Crippen MR) is 110 cm³/mol. The van der Waals surface area contributed by atoms with E-state index in [0.717, 1.165) is 45.2 Å². The number of likely N-dealkylation sites (tertiary alicyclic amines) is 1. The predicted octanol–water partition coefficient (Wildman–Crippen LogP) is 2.86. The summed E-state index contributed by atoms with van der Waals surface area (Å²) < 4.78 is 0. The van der Waals surface area contributed by atoms with Gasteiger partial charge in [0, 0.05) is 31.6 Å². The molecule has 2 N–H and O–H groups in total. The second-order valence-electron chi connectivity index (χ2n) is 5.83. The number of thiazole rings is 1. The Morgan fingerprint density at radius 3 is 2.48 bits per heavy atom. The number of hydrogen-bond donors (Lipinski definition) is 2. The molecule has 1 aromatic rings. The zero-order valence-electron chi connectivity index (χ0n) is 14.5. The van der Waals surface area contributed by atoms with Crippen LogP contribution in [0.3, 0.4) is 0 Å². The summed E-state index contributed by atoms with van der Waals surface area (Å²) in [6.45, 7) is 12.4. The maximum atomic E-state index is 4.70. The van der Waals surface area contributed by atoms with Gasteiger partial charge < -0.3 is 10.6 Å². The molecule has 1 fully saturated rings. The zero-order chi connectivity index (χ0) is 15.8. The zero-order valence-corrected chi connectivity index (χ0v) is 17.6. The molecule has 2 rings (SSSR count). The first-order chi connectivity index (χ1) is 10.7. The van der Waals surface area contributed by atoms with Gasteiger partial charge in [0.05, 0.1) is 10.7 Å². The fourth-order valence-corrected chi connectivity index (χ4v) is 3.37. The number of aliphatic imine (C=N–C) groups is 1. The first-order valence-electron chi connectivity index (χ1n) is 8.36. The first-order valence-corrected chi connectivity index (χ1v) is 9.24. The second-order valence-corrected chi connectivity index (χ2v) is 6.89. The Labute approximate surface area is 161 Å². The van der Waals surface area contributed by atoms with E-state index in [9.17, 15) is 0 Å². The highest BCUT2D eigenvalue weighted by Crippen LogP contribution is 2.20. The van der Waals surface area contributed by atoms with Gasteiger partial charge in [-0.1, -0.05) is 0 Å². The molecule has 2 heterocycles. The van der Waals surface area contributed by atoms with Gasteiger partial charge in [0.15, 0.2) is 5.96 Å². The molecule has 1 saturated heterocycles. The molecule has 1 aromatic heterocycles. The van der Waals surface area contributed by atoms with Crippen molar-refractivity contribution in [1.29, 1.82) is 0 Å². The summed E-state index contributed by atoms with van der Waals surface area (Å²) in [4.78, 5) is 11.8. The molecule has 0 amide bonds. The van der Waals surface area contributed by atoms with Crippen molar-refractivity contribution in [2.45, 2.75) is 40.2 Å². The van der Waals surface area contributed by atoms with Gasteiger partial charge >= 0.3 is 0 Å². The Balaban J connectivity index is 0.00000264. The van der Waals surface area contributed by atoms with Crippen LogP contribution in [0.25, 0.3) is 0 Å². The highest BCUT2D eigenvalue weighted by atomic mass is 127. The lowest BCUT2D eigenvalue weighted by Gasteiger charge is -2.30. The molecule has 0 aliphatic carbocycles. The summed E-state index contributed by atoms with van der Waals surface area (Å²) in [5.41, 5.74) is 1.22. The van der Waals surface area contributed by atoms with Gasteiger partial charge in [-0.05, 0) is 52.6 Å². The van der Waals surface area contributed by atoms with Crippen LogP contribution in [0.2, 0.25) is 0 Å². The molecule has 0 aromatic carbocycles. The number of rotatable bonds is 6. The minimum Gasteiger partial charge on any atom is -0.357 e. The second kappa shape index (κ2) is 11.2. The maximum absolute atomic E-state index is 4.70. The van der Waals surface area contributed by atoms with Crippen molar-refractivity contribution in [2.24, 2.45) is 10.9 Å². The van der Waals surface area contributed by atoms with Crippen molar-refractivity contribution < 1.29 is 0 Å². The van der Waals surface area contributed by atoms with Crippen LogP contribution in [0, 0.1) is 12.8 Å². The van der Waals surface area contributed by atoms with Crippen LogP contribution in [0.5, 0.6) is 0 Å². The summed E-state index contributed by atoms with van der Waals surface area (Å²) >= 11 is 1.74. The molecular formula is C16H30IN5S. The van der Waals surface area contributed by atoms with E-state index < -0.39 is 0 Å². The number of aryl methyl sites for hydroxylation is 1. The number of guanidine groups is 1. The van der Waals surface area contributed by atoms with Crippen molar-refractivity contribution in [2.75, 3.05) is 32.7 Å². The molecule has 0 spiro atoms. The normalized spacial score (nSPS) is 15.8. The fourth-order valence-electron chi connectivity index (χ4n) is 2.77. The highest BCUT2D eigenvalue weighted by molar-refractivity contribution is 14.0. The molecular weight excluding hydrogens is 421 g/mol. The minimum absolute atomic E-state index is 0. The maximum Gasteiger partial charge on any atom is 0.191 e. The lowest BCUT2D eigenvalue weighted by Crippen LogP contribution is -2.38. The molecule has 0 saturated carbocycles. The smallest absolute Gasteiger partial charge is 0.191 e. The monoisotopic (exact) mass is 451 g/mol. The Morgan fingerprint density at radius 2 is 1.96 bits per heavy atom. The van der Waals surface area contributed by atoms with Crippen molar-refractivity contribution in [1.82, 2.24) is 20.5 Å². The van der Waals surface area contributed by atoms with E-state index >= 15 is 0 Å². The van der Waals surface area contributed by atoms with Crippen LogP contribution in [-0.2, 0) is 6.54 Å². The number of piperidine rings is 1. The number of hydrogen-bond acceptors (Lipinski definition) is 4. The van der Waals surface area contributed by atoms with Crippen molar-refractivity contribution in [3.8, 4) is 0 Å². The van der Waals surface area contributed by atoms with E-state index in [1.807, 2.05) is 0 Å². The first kappa shape index (κ1) is 20.6. The molecule has 7 heteroatoms. The minimum atomic E-state index is 0. The summed E-state index contributed by atoms with van der Waals surface area (Å²) in [7, 11) is 0. The number of nitrogens with zero attached hydrogens (tertiary/aromatic N) is 3. The van der Waals surface area contributed by atoms with E-state index in [-0.39, 0.29) is 24.0 Å². The summed E-state index contributed by atoms with van der Waals surface area (Å²) in [6.07, 6.45) is 2.47. The van der Waals surface area contributed by atoms with Crippen molar-refractivity contribution in [3.05, 3.63) is 16.1 Å². The Kier molecular flexibility index (Phi) is 10.0. The van der Waals surface area contributed by atoms with Gasteiger partial charge in [-0.3, -0.25) is 9.89 Å². The molecule has 23 heavy (non-hydrogen) atoms. The Bertz CT molecular complexity index is 461. The van der Waals surface area contributed by atoms with E-state index in [1.165, 1.54) is 23.5 Å². The van der Waals surface area contributed by atoms with E-state index in [0.29, 0.717) is 5.92 Å². The third-order valence-corrected chi connectivity index (χ3v) is 4.78. The van der Waals surface area contributed by atoms with E-state index in [1.54, 1.807) is 11.3 Å². The summed E-state index contributed by atoms with van der Waals surface area (Å²) in [5, 5.41) is 9.93. The van der Waals surface area contributed by atoms with Gasteiger partial charge in [0.2, 0.25) is 0 Å². The Morgan fingerprint density at radius 1 is 1.30 bits per heavy atom. The van der Waals surface area contributed by atoms with Crippen LogP contribution in [0.15, 0.2) is 10.4 Å². The van der Waals surface area contributed by atoms with E-state index in [4.69, 9.17) is 4.99 Å². The van der Waals surface area contributed by atoms with Gasteiger partial charge in [0.1, 0.15) is 0 Å². The largest absolute Gasteiger partial charge is 0.357 e. The quantitative estimate of drug-likeness (QED) is 0.397. The van der Waals surface area contributed by atoms with Gasteiger partial charge in [-0.15, -0.1) is 35.3 Å². The molecule has 0 radical (unpaired) electrons. The standard InChI is InChI=1S/C16H29N5S.HI/c1-4-17-16(18-5-2)19-10-14-6-8-21(9-7-14)11-15-12-22-13(3)20-15;/h12,14H,4-11H2,1-3H3,(H2,17,18,19);1H. The molecule has 0 atom stereocenters. The van der Waals surface area contributed by atoms with Crippen LogP contribution in [0.4, 0.5) is 0 Å². The summed E-state index contributed by atoms with van der Waals surface area (Å²) in [5.74, 6) is 1.66. The molecule has 132 valence electrons. The Hall–Kier alpha value is -0.410. The average molecular weight is 451 g/mol. The number of aromatic nitrogens is 1. The molecule has 0 unspecified atom stereocenters. The third kappa shape index (κ3) is 7.34. The molecule has 5 nitrogen and oxygen atoms in total. The third-order valence-electron chi connectivity index (χ3n) is 3.96. The lowest BCUT2D eigenvalue weighted by molar-refractivity contribution is 0.179. The average Bonchev–Trinajstić information content (AvgIpc) is 2.92. The van der Waals surface area contributed by atoms with E-state index in [2.05, 4.69) is 46.7 Å². The fraction of sp³-hybridized carbons (Fsp3) is 0.750. The van der Waals surface area contributed by atoms with Crippen molar-refractivity contribution >= 4 is 41.3 Å². The molecule has 1 aliphatic rings. The van der Waals surface area contributed by atoms with Gasteiger partial charge in [-0.25, -0.2) is 4.98 Å². The van der Waals surface area contributed by atoms with Crippen LogP contribution in [-0.4, -0.2) is 48.6 Å². The van der Waals surface area contributed by atoms with Crippen molar-refractivity contribution in [3.63, 3.8) is 0 Å². The topological polar surface area (TPSA) is 52.6 Å². The SMILES string of the molecule is CCNC(=NCC1CCN(Cc2csc(C)n2)CC1)NCC.I. The lowest BCUT2D eigenvalue weighted by atomic mass is 9.97. The van der Waals surface area contributed by atoms with Crippen LogP contribution >= 0.6 is 35.3 Å². The van der Waals surface area contributed by atoms with Crippen LogP contribution in [0.1, 0.15) is 37.4 Å². The molecule has 1 aliphatic heterocycles. The highest BCUT2D eigenvalue weighted by Gasteiger charge is 2.19. The molecule has 0 bridgehead atoms. The number of nitrogens with one attached hydrogen (secondary N) is 2. The van der Waals surface area contributed by atoms with Crippen LogP contribution < -0.4 is 10.6 Å². The summed E-state index contributed by atoms with van der Waals surface area (Å²) in [6, 6.07) is 0. The number of halogens is 1. The van der Waals surface area contributed by atoms with Gasteiger partial charge in [0.25, 0.3) is 0 Å².